The smallest absolute Gasteiger partial charge is 0.225 e. The molecule has 1 saturated heterocycles. The first-order valence-electron chi connectivity index (χ1n) is 5.28. The first-order chi connectivity index (χ1) is 7.75. The summed E-state index contributed by atoms with van der Waals surface area (Å²) in [7, 11) is 0. The molecule has 1 aliphatic heterocycles. The number of aromatic amines is 1. The number of H-pyrrole nitrogens is 1. The van der Waals surface area contributed by atoms with Gasteiger partial charge in [0.1, 0.15) is 5.82 Å². The van der Waals surface area contributed by atoms with Crippen molar-refractivity contribution in [3.05, 3.63) is 18.2 Å². The lowest BCUT2D eigenvalue weighted by molar-refractivity contribution is -0.129. The van der Waals surface area contributed by atoms with E-state index in [0.717, 1.165) is 5.82 Å². The molecule has 16 heavy (non-hydrogen) atoms. The van der Waals surface area contributed by atoms with E-state index in [0.29, 0.717) is 25.9 Å². The van der Waals surface area contributed by atoms with Gasteiger partial charge in [0, 0.05) is 25.4 Å². The molecular formula is C10H14N4O2. The molecule has 0 saturated carbocycles. The van der Waals surface area contributed by atoms with E-state index >= 15 is 0 Å². The van der Waals surface area contributed by atoms with E-state index in [1.165, 1.54) is 0 Å². The van der Waals surface area contributed by atoms with Crippen LogP contribution in [0.15, 0.2) is 12.4 Å². The summed E-state index contributed by atoms with van der Waals surface area (Å²) in [5.41, 5.74) is 0. The van der Waals surface area contributed by atoms with Crippen molar-refractivity contribution in [1.29, 1.82) is 0 Å². The first-order valence-corrected chi connectivity index (χ1v) is 5.28. The highest BCUT2D eigenvalue weighted by Gasteiger charge is 2.24. The van der Waals surface area contributed by atoms with Gasteiger partial charge in [0.2, 0.25) is 11.8 Å². The number of nitrogens with zero attached hydrogens (tertiary/aromatic N) is 1. The SMILES string of the molecule is O=C1CCC(C(=O)NCc2ncc[nH]2)CN1. The summed E-state index contributed by atoms with van der Waals surface area (Å²) >= 11 is 0. The second-order valence-corrected chi connectivity index (χ2v) is 3.79. The number of hydrogen-bond acceptors (Lipinski definition) is 3. The number of nitrogens with one attached hydrogen (secondary N) is 3. The average molecular weight is 222 g/mol. The minimum atomic E-state index is -0.118. The quantitative estimate of drug-likeness (QED) is 0.647. The van der Waals surface area contributed by atoms with Gasteiger partial charge in [-0.25, -0.2) is 4.98 Å². The molecule has 3 N–H and O–H groups in total. The highest BCUT2D eigenvalue weighted by atomic mass is 16.2. The standard InChI is InChI=1S/C10H14N4O2/c15-9-2-1-7(5-13-9)10(16)14-6-8-11-3-4-12-8/h3-4,7H,1-2,5-6H2,(H,11,12)(H,13,15)(H,14,16). The van der Waals surface area contributed by atoms with Crippen LogP contribution in [0.2, 0.25) is 0 Å². The summed E-state index contributed by atoms with van der Waals surface area (Å²) in [5, 5.41) is 5.47. The summed E-state index contributed by atoms with van der Waals surface area (Å²) < 4.78 is 0. The maximum atomic E-state index is 11.7. The topological polar surface area (TPSA) is 86.9 Å². The van der Waals surface area contributed by atoms with Crippen molar-refractivity contribution >= 4 is 11.8 Å². The Kier molecular flexibility index (Phi) is 3.19. The van der Waals surface area contributed by atoms with Gasteiger partial charge >= 0.3 is 0 Å². The van der Waals surface area contributed by atoms with Crippen LogP contribution in [-0.4, -0.2) is 28.3 Å². The first kappa shape index (κ1) is 10.7. The van der Waals surface area contributed by atoms with Crippen molar-refractivity contribution < 1.29 is 9.59 Å². The molecule has 0 spiro atoms. The summed E-state index contributed by atoms with van der Waals surface area (Å²) in [6.07, 6.45) is 4.40. The van der Waals surface area contributed by atoms with Gasteiger partial charge in [0.25, 0.3) is 0 Å². The van der Waals surface area contributed by atoms with E-state index in [4.69, 9.17) is 0 Å². The normalized spacial score (nSPS) is 20.2. The Morgan fingerprint density at radius 3 is 3.12 bits per heavy atom. The molecule has 2 rings (SSSR count). The molecule has 0 radical (unpaired) electrons. The molecule has 2 amide bonds. The van der Waals surface area contributed by atoms with Crippen molar-refractivity contribution in [2.75, 3.05) is 6.54 Å². The zero-order valence-corrected chi connectivity index (χ0v) is 8.82. The van der Waals surface area contributed by atoms with Crippen molar-refractivity contribution in [2.45, 2.75) is 19.4 Å². The molecule has 1 fully saturated rings. The van der Waals surface area contributed by atoms with Crippen LogP contribution in [0.5, 0.6) is 0 Å². The number of piperidine rings is 1. The molecule has 0 bridgehead atoms. The maximum absolute atomic E-state index is 11.7. The molecule has 2 heterocycles. The van der Waals surface area contributed by atoms with Crippen LogP contribution < -0.4 is 10.6 Å². The molecule has 1 aromatic heterocycles. The van der Waals surface area contributed by atoms with E-state index in [9.17, 15) is 9.59 Å². The van der Waals surface area contributed by atoms with Gasteiger partial charge in [0.05, 0.1) is 12.5 Å². The Morgan fingerprint density at radius 2 is 2.50 bits per heavy atom. The monoisotopic (exact) mass is 222 g/mol. The Morgan fingerprint density at radius 1 is 1.62 bits per heavy atom. The van der Waals surface area contributed by atoms with Gasteiger partial charge in [-0.15, -0.1) is 0 Å². The van der Waals surface area contributed by atoms with Crippen LogP contribution in [0, 0.1) is 5.92 Å². The molecule has 86 valence electrons. The highest BCUT2D eigenvalue weighted by molar-refractivity contribution is 5.83. The van der Waals surface area contributed by atoms with E-state index in [2.05, 4.69) is 20.6 Å². The minimum absolute atomic E-state index is 0.0232. The zero-order valence-electron chi connectivity index (χ0n) is 8.82. The molecule has 6 nitrogen and oxygen atoms in total. The fraction of sp³-hybridized carbons (Fsp3) is 0.500. The van der Waals surface area contributed by atoms with Gasteiger partial charge in [-0.2, -0.15) is 0 Å². The lowest BCUT2D eigenvalue weighted by Crippen LogP contribution is -2.42. The summed E-state index contributed by atoms with van der Waals surface area (Å²) in [6, 6.07) is 0. The lowest BCUT2D eigenvalue weighted by Gasteiger charge is -2.21. The number of amides is 2. The third kappa shape index (κ3) is 2.59. The average Bonchev–Trinajstić information content (AvgIpc) is 2.80. The third-order valence-electron chi connectivity index (χ3n) is 2.62. The number of rotatable bonds is 3. The number of hydrogen-bond donors (Lipinski definition) is 3. The Hall–Kier alpha value is -1.85. The van der Waals surface area contributed by atoms with Gasteiger partial charge in [-0.1, -0.05) is 0 Å². The number of aromatic nitrogens is 2. The Labute approximate surface area is 92.8 Å². The number of carbonyl (C=O) groups excluding carboxylic acids is 2. The van der Waals surface area contributed by atoms with Gasteiger partial charge in [-0.3, -0.25) is 9.59 Å². The molecule has 0 aromatic carbocycles. The Bertz CT molecular complexity index is 364. The predicted octanol–water partition coefficient (Wildman–Crippen LogP) is -0.448. The van der Waals surface area contributed by atoms with Crippen LogP contribution in [0.3, 0.4) is 0 Å². The van der Waals surface area contributed by atoms with E-state index in [1.54, 1.807) is 12.4 Å². The Balaban J connectivity index is 1.77. The summed E-state index contributed by atoms with van der Waals surface area (Å²) in [4.78, 5) is 29.5. The summed E-state index contributed by atoms with van der Waals surface area (Å²) in [6.45, 7) is 0.832. The van der Waals surface area contributed by atoms with E-state index in [1.807, 2.05) is 0 Å². The molecular weight excluding hydrogens is 208 g/mol. The minimum Gasteiger partial charge on any atom is -0.355 e. The summed E-state index contributed by atoms with van der Waals surface area (Å²) in [5.74, 6) is 0.604. The molecule has 6 heteroatoms. The molecule has 0 aliphatic carbocycles. The third-order valence-corrected chi connectivity index (χ3v) is 2.62. The van der Waals surface area contributed by atoms with Crippen LogP contribution in [0.1, 0.15) is 18.7 Å². The van der Waals surface area contributed by atoms with E-state index in [-0.39, 0.29) is 17.7 Å². The van der Waals surface area contributed by atoms with Crippen molar-refractivity contribution in [2.24, 2.45) is 5.92 Å². The highest BCUT2D eigenvalue weighted by Crippen LogP contribution is 2.10. The molecule has 1 aliphatic rings. The number of carbonyl (C=O) groups is 2. The second-order valence-electron chi connectivity index (χ2n) is 3.79. The zero-order chi connectivity index (χ0) is 11.4. The maximum Gasteiger partial charge on any atom is 0.225 e. The van der Waals surface area contributed by atoms with Gasteiger partial charge in [-0.05, 0) is 6.42 Å². The van der Waals surface area contributed by atoms with Crippen molar-refractivity contribution in [3.63, 3.8) is 0 Å². The predicted molar refractivity (Wildman–Crippen MR) is 56.2 cm³/mol. The fourth-order valence-electron chi connectivity index (χ4n) is 1.67. The second kappa shape index (κ2) is 4.78. The van der Waals surface area contributed by atoms with Crippen LogP contribution in [0.4, 0.5) is 0 Å². The van der Waals surface area contributed by atoms with Crippen LogP contribution in [0.25, 0.3) is 0 Å². The fourth-order valence-corrected chi connectivity index (χ4v) is 1.67. The largest absolute Gasteiger partial charge is 0.355 e. The van der Waals surface area contributed by atoms with Gasteiger partial charge in [0.15, 0.2) is 0 Å². The van der Waals surface area contributed by atoms with E-state index < -0.39 is 0 Å². The molecule has 1 atom stereocenters. The van der Waals surface area contributed by atoms with Crippen LogP contribution >= 0.6 is 0 Å². The molecule has 1 unspecified atom stereocenters. The van der Waals surface area contributed by atoms with Crippen molar-refractivity contribution in [3.8, 4) is 0 Å². The van der Waals surface area contributed by atoms with Crippen LogP contribution in [-0.2, 0) is 16.1 Å². The number of imidazole rings is 1. The molecule has 1 aromatic rings. The lowest BCUT2D eigenvalue weighted by atomic mass is 9.98. The van der Waals surface area contributed by atoms with Crippen molar-refractivity contribution in [1.82, 2.24) is 20.6 Å². The van der Waals surface area contributed by atoms with Gasteiger partial charge < -0.3 is 15.6 Å².